The van der Waals surface area contributed by atoms with E-state index in [-0.39, 0.29) is 11.5 Å². The number of nitrogens with two attached hydrogens (primary N) is 1. The fraction of sp³-hybridized carbons (Fsp3) is 0.0833. The Morgan fingerprint density at radius 2 is 1.69 bits per heavy atom. The van der Waals surface area contributed by atoms with E-state index in [1.807, 2.05) is 6.07 Å². The number of hydrogen-bond donors (Lipinski definition) is 4. The predicted octanol–water partition coefficient (Wildman–Crippen LogP) is 5.57. The summed E-state index contributed by atoms with van der Waals surface area (Å²) in [5.41, 5.74) is 7.11. The summed E-state index contributed by atoms with van der Waals surface area (Å²) in [7, 11) is 0. The Balaban J connectivity index is 1.51. The van der Waals surface area contributed by atoms with Crippen LogP contribution < -0.4 is 21.7 Å². The van der Waals surface area contributed by atoms with Crippen molar-refractivity contribution < 1.29 is 27.3 Å². The largest absolute Gasteiger partial charge is 0.418 e. The number of alkyl halides is 3. The average molecular weight is 496 g/mol. The molecule has 0 fully saturated rings. The topological polar surface area (TPSA) is 135 Å². The van der Waals surface area contributed by atoms with E-state index in [1.165, 1.54) is 6.07 Å². The van der Waals surface area contributed by atoms with E-state index >= 15 is 0 Å². The van der Waals surface area contributed by atoms with Gasteiger partial charge in [-0.25, -0.2) is 9.78 Å². The second-order valence-electron chi connectivity index (χ2n) is 7.67. The first-order valence-corrected chi connectivity index (χ1v) is 10.4. The number of amides is 3. The van der Waals surface area contributed by atoms with Gasteiger partial charge in [-0.05, 0) is 55.0 Å². The normalized spacial score (nSPS) is 11.2. The van der Waals surface area contributed by atoms with Gasteiger partial charge in [0.2, 0.25) is 5.91 Å². The van der Waals surface area contributed by atoms with Gasteiger partial charge in [-0.15, -0.1) is 0 Å². The molecule has 0 unspecified atom stereocenters. The highest BCUT2D eigenvalue weighted by atomic mass is 19.4. The fourth-order valence-electron chi connectivity index (χ4n) is 3.50. The van der Waals surface area contributed by atoms with Crippen molar-refractivity contribution in [3.63, 3.8) is 0 Å². The molecule has 12 heteroatoms. The minimum Gasteiger partial charge on any atom is -0.380 e. The van der Waals surface area contributed by atoms with Crippen LogP contribution in [-0.2, 0) is 11.0 Å². The van der Waals surface area contributed by atoms with Crippen LogP contribution in [0, 0.1) is 6.92 Å². The summed E-state index contributed by atoms with van der Waals surface area (Å²) in [5, 5.41) is 11.3. The van der Waals surface area contributed by atoms with Crippen LogP contribution in [0.2, 0.25) is 0 Å². The van der Waals surface area contributed by atoms with Crippen molar-refractivity contribution in [2.45, 2.75) is 13.1 Å². The predicted molar refractivity (Wildman–Crippen MR) is 129 cm³/mol. The number of fused-ring (bicyclic) bond motifs is 1. The Kier molecular flexibility index (Phi) is 6.34. The highest BCUT2D eigenvalue weighted by molar-refractivity contribution is 6.02. The summed E-state index contributed by atoms with van der Waals surface area (Å²) in [6, 6.07) is 10.8. The van der Waals surface area contributed by atoms with Crippen LogP contribution in [0.25, 0.3) is 22.2 Å². The first kappa shape index (κ1) is 24.3. The van der Waals surface area contributed by atoms with Crippen LogP contribution in [0.1, 0.15) is 11.3 Å². The Labute approximate surface area is 202 Å². The van der Waals surface area contributed by atoms with E-state index in [0.717, 1.165) is 29.3 Å². The molecule has 0 bridgehead atoms. The lowest BCUT2D eigenvalue weighted by molar-refractivity contribution is -0.136. The highest BCUT2D eigenvalue weighted by Crippen LogP contribution is 2.37. The van der Waals surface area contributed by atoms with Crippen molar-refractivity contribution in [3.8, 4) is 11.1 Å². The molecule has 0 radical (unpaired) electrons. The van der Waals surface area contributed by atoms with Gasteiger partial charge in [0.05, 0.1) is 16.6 Å². The number of benzene rings is 2. The van der Waals surface area contributed by atoms with Crippen LogP contribution in [0.3, 0.4) is 0 Å². The third-order valence-corrected chi connectivity index (χ3v) is 5.08. The van der Waals surface area contributed by atoms with E-state index < -0.39 is 29.4 Å². The van der Waals surface area contributed by atoms with Gasteiger partial charge < -0.3 is 26.2 Å². The zero-order valence-electron chi connectivity index (χ0n) is 18.7. The van der Waals surface area contributed by atoms with Gasteiger partial charge in [0, 0.05) is 22.6 Å². The van der Waals surface area contributed by atoms with E-state index in [0.29, 0.717) is 22.5 Å². The van der Waals surface area contributed by atoms with Gasteiger partial charge in [0.15, 0.2) is 5.82 Å². The lowest BCUT2D eigenvalue weighted by Gasteiger charge is -2.15. The standard InChI is InChI=1S/C24H19F3N6O3/c1-3-19(34)32-18-9-8-15(11-17(18)24(25,26)27)31-23(35)30-14-6-4-13(5-7-14)16-10-12(2)29-22-20(16)21(28)33-36-22/h3-11H,1H2,2H3,(H2,28,33)(H,32,34)(H2,30,31,35). The van der Waals surface area contributed by atoms with E-state index in [2.05, 4.69) is 32.7 Å². The molecule has 4 rings (SSSR count). The molecule has 184 valence electrons. The molecule has 0 saturated carbocycles. The Morgan fingerprint density at radius 3 is 2.36 bits per heavy atom. The lowest BCUT2D eigenvalue weighted by atomic mass is 10.0. The molecular formula is C24H19F3N6O3. The van der Waals surface area contributed by atoms with Crippen molar-refractivity contribution in [3.05, 3.63) is 72.4 Å². The number of aryl methyl sites for hydroxylation is 1. The van der Waals surface area contributed by atoms with Gasteiger partial charge in [-0.3, -0.25) is 4.79 Å². The summed E-state index contributed by atoms with van der Waals surface area (Å²) >= 11 is 0. The summed E-state index contributed by atoms with van der Waals surface area (Å²) in [5.74, 6) is -0.598. The van der Waals surface area contributed by atoms with Crippen LogP contribution >= 0.6 is 0 Å². The van der Waals surface area contributed by atoms with Crippen molar-refractivity contribution >= 4 is 45.9 Å². The molecular weight excluding hydrogens is 477 g/mol. The molecule has 36 heavy (non-hydrogen) atoms. The monoisotopic (exact) mass is 496 g/mol. The molecule has 3 amide bonds. The summed E-state index contributed by atoms with van der Waals surface area (Å²) in [4.78, 5) is 28.1. The number of pyridine rings is 1. The minimum atomic E-state index is -4.77. The number of nitrogens with zero attached hydrogens (tertiary/aromatic N) is 2. The molecule has 0 atom stereocenters. The number of rotatable bonds is 5. The SMILES string of the molecule is C=CC(=O)Nc1ccc(NC(=O)Nc2ccc(-c3cc(C)nc4onc(N)c34)cc2)cc1C(F)(F)F. The number of aromatic nitrogens is 2. The van der Waals surface area contributed by atoms with Crippen molar-refractivity contribution in [1.29, 1.82) is 0 Å². The molecule has 4 aromatic rings. The van der Waals surface area contributed by atoms with Crippen molar-refractivity contribution in [1.82, 2.24) is 10.1 Å². The number of halogens is 3. The molecule has 0 aliphatic rings. The Morgan fingerprint density at radius 1 is 1.03 bits per heavy atom. The maximum atomic E-state index is 13.4. The first-order valence-electron chi connectivity index (χ1n) is 10.4. The zero-order valence-corrected chi connectivity index (χ0v) is 18.7. The summed E-state index contributed by atoms with van der Waals surface area (Å²) in [6.07, 6.45) is -3.91. The van der Waals surface area contributed by atoms with Crippen LogP contribution in [0.5, 0.6) is 0 Å². The second kappa shape index (κ2) is 9.41. The lowest BCUT2D eigenvalue weighted by Crippen LogP contribution is -2.20. The van der Waals surface area contributed by atoms with E-state index in [4.69, 9.17) is 10.3 Å². The van der Waals surface area contributed by atoms with Gasteiger partial charge in [-0.2, -0.15) is 13.2 Å². The molecule has 0 spiro atoms. The molecule has 2 heterocycles. The molecule has 2 aromatic carbocycles. The molecule has 0 aliphatic heterocycles. The number of hydrogen-bond acceptors (Lipinski definition) is 6. The quantitative estimate of drug-likeness (QED) is 0.267. The minimum absolute atomic E-state index is 0.120. The smallest absolute Gasteiger partial charge is 0.380 e. The number of nitrogens with one attached hydrogen (secondary N) is 3. The number of carbonyl (C=O) groups excluding carboxylic acids is 2. The number of anilines is 4. The third-order valence-electron chi connectivity index (χ3n) is 5.08. The van der Waals surface area contributed by atoms with E-state index in [9.17, 15) is 22.8 Å². The van der Waals surface area contributed by atoms with Crippen LogP contribution in [0.15, 0.2) is 65.7 Å². The second-order valence-corrected chi connectivity index (χ2v) is 7.67. The van der Waals surface area contributed by atoms with Gasteiger partial charge in [-0.1, -0.05) is 23.9 Å². The summed E-state index contributed by atoms with van der Waals surface area (Å²) < 4.78 is 45.5. The van der Waals surface area contributed by atoms with Gasteiger partial charge in [0.25, 0.3) is 5.71 Å². The number of urea groups is 1. The van der Waals surface area contributed by atoms with Crippen molar-refractivity contribution in [2.24, 2.45) is 0 Å². The zero-order chi connectivity index (χ0) is 26.0. The maximum absolute atomic E-state index is 13.4. The Bertz CT molecular complexity index is 1480. The maximum Gasteiger partial charge on any atom is 0.418 e. The Hall–Kier alpha value is -4.87. The number of carbonyl (C=O) groups is 2. The van der Waals surface area contributed by atoms with Crippen molar-refractivity contribution in [2.75, 3.05) is 21.7 Å². The fourth-order valence-corrected chi connectivity index (χ4v) is 3.50. The molecule has 2 aromatic heterocycles. The summed E-state index contributed by atoms with van der Waals surface area (Å²) in [6.45, 7) is 5.01. The third kappa shape index (κ3) is 5.12. The average Bonchev–Trinajstić information content (AvgIpc) is 3.19. The van der Waals surface area contributed by atoms with Gasteiger partial charge in [0.1, 0.15) is 0 Å². The molecule has 0 saturated heterocycles. The van der Waals surface area contributed by atoms with Crippen LogP contribution in [-0.4, -0.2) is 22.1 Å². The molecule has 9 nitrogen and oxygen atoms in total. The highest BCUT2D eigenvalue weighted by Gasteiger charge is 2.34. The molecule has 5 N–H and O–H groups in total. The van der Waals surface area contributed by atoms with Crippen LogP contribution in [0.4, 0.5) is 40.8 Å². The molecule has 0 aliphatic carbocycles. The van der Waals surface area contributed by atoms with E-state index in [1.54, 1.807) is 31.2 Å². The number of nitrogen functional groups attached to an aromatic ring is 1. The first-order chi connectivity index (χ1) is 17.0. The van der Waals surface area contributed by atoms with Gasteiger partial charge >= 0.3 is 12.2 Å².